The van der Waals surface area contributed by atoms with Gasteiger partial charge in [-0.25, -0.2) is 4.98 Å². The van der Waals surface area contributed by atoms with E-state index >= 15 is 0 Å². The van der Waals surface area contributed by atoms with E-state index in [1.54, 1.807) is 51.9 Å². The summed E-state index contributed by atoms with van der Waals surface area (Å²) in [5, 5.41) is 6.96. The van der Waals surface area contributed by atoms with Crippen molar-refractivity contribution < 1.29 is 23.4 Å². The number of furan rings is 1. The van der Waals surface area contributed by atoms with E-state index in [9.17, 15) is 4.79 Å². The number of benzene rings is 2. The Bertz CT molecular complexity index is 1240. The molecule has 0 unspecified atom stereocenters. The second-order valence-electron chi connectivity index (χ2n) is 7.33. The van der Waals surface area contributed by atoms with Crippen molar-refractivity contribution in [2.45, 2.75) is 13.0 Å². The van der Waals surface area contributed by atoms with Crippen LogP contribution in [0.3, 0.4) is 0 Å². The Morgan fingerprint density at radius 2 is 1.67 bits per heavy atom. The first-order valence-electron chi connectivity index (χ1n) is 10.3. The van der Waals surface area contributed by atoms with Crippen molar-refractivity contribution in [3.63, 3.8) is 0 Å². The molecule has 170 valence electrons. The molecular weight excluding hydrogens is 422 g/mol. The summed E-state index contributed by atoms with van der Waals surface area (Å²) in [5.74, 6) is 1.63. The fourth-order valence-electron chi connectivity index (χ4n) is 3.56. The molecule has 0 radical (unpaired) electrons. The number of fused-ring (bicyclic) bond motifs is 1. The fourth-order valence-corrected chi connectivity index (χ4v) is 3.56. The summed E-state index contributed by atoms with van der Waals surface area (Å²) >= 11 is 0. The molecule has 0 bridgehead atoms. The topological polar surface area (TPSA) is 94.9 Å². The van der Waals surface area contributed by atoms with Crippen LogP contribution >= 0.6 is 0 Å². The number of pyridine rings is 1. The van der Waals surface area contributed by atoms with E-state index in [0.717, 1.165) is 10.9 Å². The van der Waals surface area contributed by atoms with Gasteiger partial charge in [0.1, 0.15) is 17.1 Å². The summed E-state index contributed by atoms with van der Waals surface area (Å²) in [6, 6.07) is 16.5. The molecule has 2 heterocycles. The monoisotopic (exact) mass is 447 g/mol. The summed E-state index contributed by atoms with van der Waals surface area (Å²) in [7, 11) is 4.64. The predicted octanol–water partition coefficient (Wildman–Crippen LogP) is 5.09. The third kappa shape index (κ3) is 4.55. The molecule has 0 aliphatic rings. The molecule has 1 atom stereocenters. The molecule has 2 aromatic heterocycles. The van der Waals surface area contributed by atoms with Crippen molar-refractivity contribution in [3.05, 3.63) is 72.1 Å². The van der Waals surface area contributed by atoms with E-state index < -0.39 is 0 Å². The summed E-state index contributed by atoms with van der Waals surface area (Å²) in [5.41, 5.74) is 2.42. The van der Waals surface area contributed by atoms with Crippen LogP contribution < -0.4 is 24.8 Å². The highest BCUT2D eigenvalue weighted by atomic mass is 16.5. The van der Waals surface area contributed by atoms with Gasteiger partial charge in [-0.05, 0) is 18.6 Å². The third-order valence-electron chi connectivity index (χ3n) is 5.26. The molecule has 2 N–H and O–H groups in total. The SMILES string of the molecule is COc1cc(Nc2nc(C(=O)N[C@H](C)c3ccccc3)cc3occc23)cc(OC)c1OC. The smallest absolute Gasteiger partial charge is 0.270 e. The number of hydrogen-bond acceptors (Lipinski definition) is 7. The standard InChI is InChI=1S/C25H25N3O5/c1-15(16-8-6-5-7-9-16)26-25(29)19-14-20-18(10-11-33-20)24(28-19)27-17-12-21(30-2)23(32-4)22(13-17)31-3/h5-15H,1-4H3,(H,26,29)(H,27,28)/t15-/m1/s1. The number of aromatic nitrogens is 1. The lowest BCUT2D eigenvalue weighted by Gasteiger charge is -2.16. The largest absolute Gasteiger partial charge is 0.493 e. The molecule has 8 heteroatoms. The van der Waals surface area contributed by atoms with Gasteiger partial charge in [0.15, 0.2) is 11.5 Å². The summed E-state index contributed by atoms with van der Waals surface area (Å²) in [6.07, 6.45) is 1.56. The fraction of sp³-hybridized carbons (Fsp3) is 0.200. The van der Waals surface area contributed by atoms with Crippen LogP contribution in [0.25, 0.3) is 11.0 Å². The molecule has 4 aromatic rings. The van der Waals surface area contributed by atoms with Crippen LogP contribution in [-0.4, -0.2) is 32.2 Å². The lowest BCUT2D eigenvalue weighted by Crippen LogP contribution is -2.27. The summed E-state index contributed by atoms with van der Waals surface area (Å²) in [6.45, 7) is 1.92. The first-order chi connectivity index (χ1) is 16.0. The second-order valence-corrected chi connectivity index (χ2v) is 7.33. The van der Waals surface area contributed by atoms with Crippen LogP contribution in [0.4, 0.5) is 11.5 Å². The van der Waals surface area contributed by atoms with Gasteiger partial charge in [-0.3, -0.25) is 4.79 Å². The van der Waals surface area contributed by atoms with E-state index in [-0.39, 0.29) is 17.6 Å². The number of nitrogens with one attached hydrogen (secondary N) is 2. The van der Waals surface area contributed by atoms with Gasteiger partial charge in [0, 0.05) is 23.9 Å². The van der Waals surface area contributed by atoms with Crippen molar-refractivity contribution >= 4 is 28.4 Å². The van der Waals surface area contributed by atoms with Crippen LogP contribution in [0, 0.1) is 0 Å². The zero-order valence-corrected chi connectivity index (χ0v) is 18.8. The molecule has 0 fully saturated rings. The number of methoxy groups -OCH3 is 3. The normalized spacial score (nSPS) is 11.6. The minimum atomic E-state index is -0.308. The average Bonchev–Trinajstić information content (AvgIpc) is 3.33. The van der Waals surface area contributed by atoms with Crippen molar-refractivity contribution in [3.8, 4) is 17.2 Å². The molecule has 0 aliphatic heterocycles. The Labute approximate surface area is 191 Å². The predicted molar refractivity (Wildman–Crippen MR) is 126 cm³/mol. The summed E-state index contributed by atoms with van der Waals surface area (Å²) in [4.78, 5) is 17.6. The Kier molecular flexibility index (Phi) is 6.35. The molecule has 0 aliphatic carbocycles. The van der Waals surface area contributed by atoms with Crippen molar-refractivity contribution in [1.82, 2.24) is 10.3 Å². The lowest BCUT2D eigenvalue weighted by atomic mass is 10.1. The highest BCUT2D eigenvalue weighted by molar-refractivity contribution is 5.99. The second kappa shape index (κ2) is 9.52. The molecule has 33 heavy (non-hydrogen) atoms. The van der Waals surface area contributed by atoms with Crippen LogP contribution in [-0.2, 0) is 0 Å². The molecule has 1 amide bonds. The van der Waals surface area contributed by atoms with Crippen LogP contribution in [0.5, 0.6) is 17.2 Å². The average molecular weight is 447 g/mol. The summed E-state index contributed by atoms with van der Waals surface area (Å²) < 4.78 is 21.8. The molecule has 0 saturated heterocycles. The maximum atomic E-state index is 13.0. The van der Waals surface area contributed by atoms with Gasteiger partial charge in [-0.15, -0.1) is 0 Å². The molecule has 2 aromatic carbocycles. The van der Waals surface area contributed by atoms with Gasteiger partial charge < -0.3 is 29.3 Å². The van der Waals surface area contributed by atoms with Gasteiger partial charge in [0.05, 0.1) is 39.0 Å². The van der Waals surface area contributed by atoms with E-state index in [4.69, 9.17) is 18.6 Å². The van der Waals surface area contributed by atoms with Crippen molar-refractivity contribution in [2.24, 2.45) is 0 Å². The lowest BCUT2D eigenvalue weighted by molar-refractivity contribution is 0.0935. The number of anilines is 2. The number of hydrogen-bond donors (Lipinski definition) is 2. The van der Waals surface area contributed by atoms with E-state index in [1.165, 1.54) is 0 Å². The Balaban J connectivity index is 1.67. The number of amides is 1. The number of carbonyl (C=O) groups is 1. The van der Waals surface area contributed by atoms with Gasteiger partial charge in [0.25, 0.3) is 5.91 Å². The van der Waals surface area contributed by atoms with Gasteiger partial charge in [0.2, 0.25) is 5.75 Å². The molecule has 4 rings (SSSR count). The van der Waals surface area contributed by atoms with Crippen molar-refractivity contribution in [1.29, 1.82) is 0 Å². The highest BCUT2D eigenvalue weighted by Gasteiger charge is 2.18. The highest BCUT2D eigenvalue weighted by Crippen LogP contribution is 2.41. The van der Waals surface area contributed by atoms with Crippen LogP contribution in [0.15, 0.2) is 65.3 Å². The van der Waals surface area contributed by atoms with E-state index in [1.807, 2.05) is 37.3 Å². The number of nitrogens with zero attached hydrogens (tertiary/aromatic N) is 1. The van der Waals surface area contributed by atoms with Crippen molar-refractivity contribution in [2.75, 3.05) is 26.6 Å². The molecule has 0 spiro atoms. The van der Waals surface area contributed by atoms with Crippen LogP contribution in [0.1, 0.15) is 29.0 Å². The maximum absolute atomic E-state index is 13.0. The number of rotatable bonds is 8. The van der Waals surface area contributed by atoms with Gasteiger partial charge >= 0.3 is 0 Å². The molecule has 8 nitrogen and oxygen atoms in total. The molecular formula is C25H25N3O5. The van der Waals surface area contributed by atoms with Crippen LogP contribution in [0.2, 0.25) is 0 Å². The van der Waals surface area contributed by atoms with Gasteiger partial charge in [-0.1, -0.05) is 30.3 Å². The Morgan fingerprint density at radius 1 is 0.970 bits per heavy atom. The third-order valence-corrected chi connectivity index (χ3v) is 5.26. The maximum Gasteiger partial charge on any atom is 0.270 e. The van der Waals surface area contributed by atoms with E-state index in [2.05, 4.69) is 15.6 Å². The zero-order chi connectivity index (χ0) is 23.4. The Hall–Kier alpha value is -4.20. The van der Waals surface area contributed by atoms with Gasteiger partial charge in [-0.2, -0.15) is 0 Å². The quantitative estimate of drug-likeness (QED) is 0.389. The number of carbonyl (C=O) groups excluding carboxylic acids is 1. The minimum absolute atomic E-state index is 0.181. The number of ether oxygens (including phenoxy) is 3. The molecule has 0 saturated carbocycles. The van der Waals surface area contributed by atoms with E-state index in [0.29, 0.717) is 34.3 Å². The Morgan fingerprint density at radius 3 is 2.30 bits per heavy atom. The minimum Gasteiger partial charge on any atom is -0.493 e. The zero-order valence-electron chi connectivity index (χ0n) is 18.8. The first kappa shape index (κ1) is 22.0. The first-order valence-corrected chi connectivity index (χ1v) is 10.3.